The van der Waals surface area contributed by atoms with E-state index in [0.29, 0.717) is 23.2 Å². The summed E-state index contributed by atoms with van der Waals surface area (Å²) < 4.78 is 5.18. The Morgan fingerprint density at radius 1 is 1.07 bits per heavy atom. The number of likely N-dealkylation sites (tertiary alicyclic amines) is 1. The zero-order chi connectivity index (χ0) is 19.3. The first-order valence-corrected chi connectivity index (χ1v) is 9.93. The Morgan fingerprint density at radius 3 is 2.43 bits per heavy atom. The molecular formula is C23H25N3O2. The van der Waals surface area contributed by atoms with E-state index in [0.717, 1.165) is 37.9 Å². The fraction of sp³-hybridized carbons (Fsp3) is 0.348. The van der Waals surface area contributed by atoms with Crippen molar-refractivity contribution in [2.45, 2.75) is 32.6 Å². The highest BCUT2D eigenvalue weighted by Gasteiger charge is 2.23. The molecular weight excluding hydrogens is 350 g/mol. The van der Waals surface area contributed by atoms with Gasteiger partial charge in [0.15, 0.2) is 5.82 Å². The number of hydrogen-bond acceptors (Lipinski definition) is 4. The summed E-state index contributed by atoms with van der Waals surface area (Å²) in [6.45, 7) is 3.46. The van der Waals surface area contributed by atoms with E-state index >= 15 is 0 Å². The molecule has 0 N–H and O–H groups in total. The Hall–Kier alpha value is -2.95. The van der Waals surface area contributed by atoms with Gasteiger partial charge in [-0.3, -0.25) is 4.79 Å². The van der Waals surface area contributed by atoms with Crippen molar-refractivity contribution in [2.24, 2.45) is 5.92 Å². The van der Waals surface area contributed by atoms with Gasteiger partial charge in [0.05, 0.1) is 0 Å². The molecule has 5 heteroatoms. The van der Waals surface area contributed by atoms with Crippen LogP contribution >= 0.6 is 0 Å². The Kier molecular flexibility index (Phi) is 5.51. The van der Waals surface area contributed by atoms with Gasteiger partial charge >= 0.3 is 0 Å². The number of aryl methyl sites for hydroxylation is 2. The predicted octanol–water partition coefficient (Wildman–Crippen LogP) is 4.53. The van der Waals surface area contributed by atoms with Crippen molar-refractivity contribution in [3.8, 4) is 11.5 Å². The van der Waals surface area contributed by atoms with Gasteiger partial charge in [-0.15, -0.1) is 0 Å². The Balaban J connectivity index is 1.30. The molecule has 1 aliphatic rings. The first kappa shape index (κ1) is 18.4. The molecule has 1 aliphatic heterocycles. The molecule has 0 radical (unpaired) electrons. The van der Waals surface area contributed by atoms with E-state index in [4.69, 9.17) is 4.52 Å². The quantitative estimate of drug-likeness (QED) is 0.657. The van der Waals surface area contributed by atoms with Gasteiger partial charge in [-0.2, -0.15) is 4.98 Å². The van der Waals surface area contributed by atoms with Crippen LogP contribution in [0.2, 0.25) is 0 Å². The number of amides is 1. The molecule has 0 spiro atoms. The summed E-state index contributed by atoms with van der Waals surface area (Å²) in [6.07, 6.45) is 4.48. The van der Waals surface area contributed by atoms with Crippen molar-refractivity contribution in [1.29, 1.82) is 0 Å². The van der Waals surface area contributed by atoms with Crippen molar-refractivity contribution in [3.05, 3.63) is 71.5 Å². The lowest BCUT2D eigenvalue weighted by Crippen LogP contribution is -2.38. The van der Waals surface area contributed by atoms with Gasteiger partial charge in [-0.1, -0.05) is 35.5 Å². The molecule has 0 atom stereocenters. The number of benzene rings is 2. The van der Waals surface area contributed by atoms with Crippen LogP contribution in [0.5, 0.6) is 0 Å². The fourth-order valence-corrected chi connectivity index (χ4v) is 3.79. The molecule has 0 unspecified atom stereocenters. The fourth-order valence-electron chi connectivity index (χ4n) is 3.79. The first-order chi connectivity index (χ1) is 13.7. The van der Waals surface area contributed by atoms with Crippen molar-refractivity contribution in [2.75, 3.05) is 13.1 Å². The lowest BCUT2D eigenvalue weighted by Gasteiger charge is -2.32. The van der Waals surface area contributed by atoms with Crippen LogP contribution < -0.4 is 0 Å². The van der Waals surface area contributed by atoms with Gasteiger partial charge in [0.2, 0.25) is 0 Å². The Bertz CT molecular complexity index is 911. The van der Waals surface area contributed by atoms with Gasteiger partial charge in [-0.25, -0.2) is 0 Å². The summed E-state index contributed by atoms with van der Waals surface area (Å²) >= 11 is 0. The molecule has 144 valence electrons. The number of piperidine rings is 1. The van der Waals surface area contributed by atoms with E-state index in [1.54, 1.807) is 6.92 Å². The van der Waals surface area contributed by atoms with E-state index in [9.17, 15) is 4.79 Å². The second-order valence-corrected chi connectivity index (χ2v) is 7.48. The Morgan fingerprint density at radius 2 is 1.79 bits per heavy atom. The summed E-state index contributed by atoms with van der Waals surface area (Å²) in [5.41, 5.74) is 2.94. The third kappa shape index (κ3) is 4.30. The minimum absolute atomic E-state index is 0.106. The normalized spacial score (nSPS) is 15.0. The highest BCUT2D eigenvalue weighted by Crippen LogP contribution is 2.24. The molecule has 1 amide bonds. The number of aromatic nitrogens is 2. The van der Waals surface area contributed by atoms with Crippen molar-refractivity contribution < 1.29 is 9.32 Å². The van der Waals surface area contributed by atoms with Crippen molar-refractivity contribution in [1.82, 2.24) is 15.0 Å². The van der Waals surface area contributed by atoms with Crippen LogP contribution in [-0.2, 0) is 6.42 Å². The number of rotatable bonds is 5. The van der Waals surface area contributed by atoms with E-state index in [1.165, 1.54) is 12.0 Å². The second-order valence-electron chi connectivity index (χ2n) is 7.48. The summed E-state index contributed by atoms with van der Waals surface area (Å²) in [4.78, 5) is 19.0. The molecule has 28 heavy (non-hydrogen) atoms. The van der Waals surface area contributed by atoms with Gasteiger partial charge in [0.25, 0.3) is 11.8 Å². The first-order valence-electron chi connectivity index (χ1n) is 9.93. The van der Waals surface area contributed by atoms with Crippen LogP contribution in [-0.4, -0.2) is 34.0 Å². The standard InChI is InChI=1S/C23H25N3O2/c1-17-24-22(28-25-17)20-9-11-21(12-10-20)23(27)26-15-13-19(14-16-26)8-7-18-5-3-2-4-6-18/h2-6,9-12,19H,7-8,13-16H2,1H3. The van der Waals surface area contributed by atoms with Gasteiger partial charge in [-0.05, 0) is 68.4 Å². The summed E-state index contributed by atoms with van der Waals surface area (Å²) in [5.74, 6) is 1.89. The van der Waals surface area contributed by atoms with Crippen LogP contribution in [0.3, 0.4) is 0 Å². The average molecular weight is 375 g/mol. The third-order valence-corrected chi connectivity index (χ3v) is 5.49. The molecule has 4 rings (SSSR count). The largest absolute Gasteiger partial charge is 0.339 e. The van der Waals surface area contributed by atoms with Gasteiger partial charge in [0, 0.05) is 24.2 Å². The molecule has 1 saturated heterocycles. The second kappa shape index (κ2) is 8.38. The number of nitrogens with zero attached hydrogens (tertiary/aromatic N) is 3. The van der Waals surface area contributed by atoms with Crippen molar-refractivity contribution >= 4 is 5.91 Å². The van der Waals surface area contributed by atoms with Crippen LogP contribution in [0.25, 0.3) is 11.5 Å². The maximum Gasteiger partial charge on any atom is 0.257 e. The van der Waals surface area contributed by atoms with Crippen LogP contribution in [0.4, 0.5) is 0 Å². The number of carbonyl (C=O) groups is 1. The molecule has 0 bridgehead atoms. The number of hydrogen-bond donors (Lipinski definition) is 0. The van der Waals surface area contributed by atoms with Crippen LogP contribution in [0.1, 0.15) is 41.0 Å². The van der Waals surface area contributed by atoms with Crippen molar-refractivity contribution in [3.63, 3.8) is 0 Å². The van der Waals surface area contributed by atoms with Gasteiger partial charge < -0.3 is 9.42 Å². The topological polar surface area (TPSA) is 59.2 Å². The molecule has 2 aromatic carbocycles. The third-order valence-electron chi connectivity index (χ3n) is 5.49. The molecule has 5 nitrogen and oxygen atoms in total. The van der Waals surface area contributed by atoms with Crippen LogP contribution in [0, 0.1) is 12.8 Å². The molecule has 1 fully saturated rings. The monoisotopic (exact) mass is 375 g/mol. The maximum absolute atomic E-state index is 12.8. The van der Waals surface area contributed by atoms with E-state index in [2.05, 4.69) is 40.5 Å². The predicted molar refractivity (Wildman–Crippen MR) is 108 cm³/mol. The summed E-state index contributed by atoms with van der Waals surface area (Å²) in [5, 5.41) is 3.80. The Labute approximate surface area is 165 Å². The lowest BCUT2D eigenvalue weighted by atomic mass is 9.90. The smallest absolute Gasteiger partial charge is 0.257 e. The number of carbonyl (C=O) groups excluding carboxylic acids is 1. The molecule has 3 aromatic rings. The molecule has 1 aromatic heterocycles. The SMILES string of the molecule is Cc1noc(-c2ccc(C(=O)N3CCC(CCc4ccccc4)CC3)cc2)n1. The van der Waals surface area contributed by atoms with Crippen LogP contribution in [0.15, 0.2) is 59.1 Å². The lowest BCUT2D eigenvalue weighted by molar-refractivity contribution is 0.0687. The minimum Gasteiger partial charge on any atom is -0.339 e. The molecule has 2 heterocycles. The summed E-state index contributed by atoms with van der Waals surface area (Å²) in [7, 11) is 0. The maximum atomic E-state index is 12.8. The average Bonchev–Trinajstić information content (AvgIpc) is 3.19. The van der Waals surface area contributed by atoms with E-state index in [-0.39, 0.29) is 5.91 Å². The van der Waals surface area contributed by atoms with E-state index in [1.807, 2.05) is 29.2 Å². The highest BCUT2D eigenvalue weighted by molar-refractivity contribution is 5.94. The minimum atomic E-state index is 0.106. The van der Waals surface area contributed by atoms with Gasteiger partial charge in [0.1, 0.15) is 0 Å². The highest BCUT2D eigenvalue weighted by atomic mass is 16.5. The summed E-state index contributed by atoms with van der Waals surface area (Å²) in [6, 6.07) is 18.1. The molecule has 0 aliphatic carbocycles. The molecule has 0 saturated carbocycles. The zero-order valence-electron chi connectivity index (χ0n) is 16.2. The zero-order valence-corrected chi connectivity index (χ0v) is 16.2. The van der Waals surface area contributed by atoms with E-state index < -0.39 is 0 Å².